The van der Waals surface area contributed by atoms with Gasteiger partial charge in [0.25, 0.3) is 5.91 Å². The van der Waals surface area contributed by atoms with Gasteiger partial charge in [0.15, 0.2) is 6.61 Å². The predicted octanol–water partition coefficient (Wildman–Crippen LogP) is 1.48. The summed E-state index contributed by atoms with van der Waals surface area (Å²) in [6.45, 7) is 9.14. The summed E-state index contributed by atoms with van der Waals surface area (Å²) in [5, 5.41) is 3.36. The molecule has 0 bridgehead atoms. The van der Waals surface area contributed by atoms with Crippen LogP contribution in [0.3, 0.4) is 0 Å². The van der Waals surface area contributed by atoms with Crippen LogP contribution in [0.4, 0.5) is 11.4 Å². The van der Waals surface area contributed by atoms with Crippen molar-refractivity contribution >= 4 is 17.3 Å². The van der Waals surface area contributed by atoms with Gasteiger partial charge in [-0.05, 0) is 24.1 Å². The van der Waals surface area contributed by atoms with Crippen LogP contribution in [0.15, 0.2) is 18.2 Å². The molecule has 21 heavy (non-hydrogen) atoms. The minimum atomic E-state index is 0.0497. The lowest BCUT2D eigenvalue weighted by Crippen LogP contribution is -2.44. The Morgan fingerprint density at radius 1 is 1.29 bits per heavy atom. The number of hydrogen-bond acceptors (Lipinski definition) is 4. The molecular formula is C16H23N3O2. The molecule has 0 radical (unpaired) electrons. The van der Waals surface area contributed by atoms with Gasteiger partial charge in [0, 0.05) is 38.4 Å². The monoisotopic (exact) mass is 289 g/mol. The molecule has 2 aliphatic rings. The molecule has 1 fully saturated rings. The van der Waals surface area contributed by atoms with E-state index in [1.54, 1.807) is 0 Å². The lowest BCUT2D eigenvalue weighted by molar-refractivity contribution is -0.121. The van der Waals surface area contributed by atoms with Crippen molar-refractivity contribution in [3.63, 3.8) is 0 Å². The number of piperazine rings is 1. The van der Waals surface area contributed by atoms with Gasteiger partial charge in [-0.2, -0.15) is 0 Å². The van der Waals surface area contributed by atoms with Crippen LogP contribution in [0.5, 0.6) is 5.75 Å². The number of rotatable bonds is 3. The molecule has 0 aliphatic carbocycles. The van der Waals surface area contributed by atoms with Crippen molar-refractivity contribution in [2.24, 2.45) is 5.92 Å². The molecule has 5 nitrogen and oxygen atoms in total. The Labute approximate surface area is 125 Å². The zero-order valence-corrected chi connectivity index (χ0v) is 12.8. The second-order valence-electron chi connectivity index (χ2n) is 6.08. The first-order valence-corrected chi connectivity index (χ1v) is 7.68. The van der Waals surface area contributed by atoms with E-state index in [0.717, 1.165) is 44.2 Å². The number of nitrogens with one attached hydrogen (secondary N) is 1. The Hall–Kier alpha value is -1.75. The van der Waals surface area contributed by atoms with Crippen LogP contribution in [0.1, 0.15) is 13.8 Å². The van der Waals surface area contributed by atoms with Gasteiger partial charge >= 0.3 is 0 Å². The third kappa shape index (κ3) is 2.97. The molecule has 3 rings (SSSR count). The summed E-state index contributed by atoms with van der Waals surface area (Å²) in [5.74, 6) is 1.30. The Morgan fingerprint density at radius 3 is 2.76 bits per heavy atom. The van der Waals surface area contributed by atoms with E-state index in [2.05, 4.69) is 36.2 Å². The van der Waals surface area contributed by atoms with Crippen LogP contribution >= 0.6 is 0 Å². The van der Waals surface area contributed by atoms with E-state index in [4.69, 9.17) is 4.74 Å². The van der Waals surface area contributed by atoms with E-state index in [1.165, 1.54) is 5.69 Å². The number of fused-ring (bicyclic) bond motifs is 1. The van der Waals surface area contributed by atoms with Crippen molar-refractivity contribution in [2.75, 3.05) is 49.1 Å². The number of carbonyl (C=O) groups excluding carboxylic acids is 1. The molecule has 1 aromatic rings. The van der Waals surface area contributed by atoms with Gasteiger partial charge in [0.2, 0.25) is 0 Å². The molecular weight excluding hydrogens is 266 g/mol. The van der Waals surface area contributed by atoms with Gasteiger partial charge in [-0.3, -0.25) is 4.79 Å². The summed E-state index contributed by atoms with van der Waals surface area (Å²) in [7, 11) is 0. The first-order chi connectivity index (χ1) is 10.1. The minimum Gasteiger partial charge on any atom is -0.482 e. The number of hydrogen-bond donors (Lipinski definition) is 1. The smallest absolute Gasteiger partial charge is 0.265 e. The highest BCUT2D eigenvalue weighted by molar-refractivity contribution is 5.98. The third-order valence-corrected chi connectivity index (χ3v) is 3.92. The zero-order chi connectivity index (χ0) is 14.8. The molecule has 0 saturated carbocycles. The van der Waals surface area contributed by atoms with E-state index in [0.29, 0.717) is 5.92 Å². The first-order valence-electron chi connectivity index (χ1n) is 7.68. The van der Waals surface area contributed by atoms with Crippen LogP contribution in [-0.4, -0.2) is 45.2 Å². The van der Waals surface area contributed by atoms with Crippen molar-refractivity contribution in [3.8, 4) is 5.75 Å². The Balaban J connectivity index is 1.90. The van der Waals surface area contributed by atoms with Gasteiger partial charge in [0.1, 0.15) is 5.75 Å². The number of anilines is 2. The van der Waals surface area contributed by atoms with E-state index in [9.17, 15) is 4.79 Å². The first kappa shape index (κ1) is 14.2. The molecule has 1 amide bonds. The van der Waals surface area contributed by atoms with Crippen molar-refractivity contribution in [1.29, 1.82) is 0 Å². The molecule has 5 heteroatoms. The average Bonchev–Trinajstić information content (AvgIpc) is 2.50. The topological polar surface area (TPSA) is 44.8 Å². The fraction of sp³-hybridized carbons (Fsp3) is 0.562. The van der Waals surface area contributed by atoms with Crippen molar-refractivity contribution in [3.05, 3.63) is 18.2 Å². The fourth-order valence-corrected chi connectivity index (χ4v) is 2.88. The van der Waals surface area contributed by atoms with E-state index >= 15 is 0 Å². The van der Waals surface area contributed by atoms with Gasteiger partial charge in [-0.25, -0.2) is 0 Å². The maximum Gasteiger partial charge on any atom is 0.265 e. The summed E-state index contributed by atoms with van der Waals surface area (Å²) in [6.07, 6.45) is 0. The number of amides is 1. The van der Waals surface area contributed by atoms with Crippen LogP contribution in [-0.2, 0) is 4.79 Å². The lowest BCUT2D eigenvalue weighted by atomic mass is 10.1. The molecule has 0 aromatic heterocycles. The fourth-order valence-electron chi connectivity index (χ4n) is 2.88. The third-order valence-electron chi connectivity index (χ3n) is 3.92. The highest BCUT2D eigenvalue weighted by Crippen LogP contribution is 2.36. The average molecular weight is 289 g/mol. The van der Waals surface area contributed by atoms with Crippen LogP contribution < -0.4 is 19.9 Å². The summed E-state index contributed by atoms with van der Waals surface area (Å²) in [4.78, 5) is 16.4. The lowest BCUT2D eigenvalue weighted by Gasteiger charge is -2.34. The maximum atomic E-state index is 12.2. The number of benzene rings is 1. The molecule has 0 unspecified atom stereocenters. The summed E-state index contributed by atoms with van der Waals surface area (Å²) in [5.41, 5.74) is 2.08. The molecule has 0 spiro atoms. The predicted molar refractivity (Wildman–Crippen MR) is 84.2 cm³/mol. The quantitative estimate of drug-likeness (QED) is 0.915. The van der Waals surface area contributed by atoms with Gasteiger partial charge < -0.3 is 19.9 Å². The molecule has 1 N–H and O–H groups in total. The van der Waals surface area contributed by atoms with Crippen molar-refractivity contribution < 1.29 is 9.53 Å². The van der Waals surface area contributed by atoms with Gasteiger partial charge in [-0.15, -0.1) is 0 Å². The number of nitrogens with zero attached hydrogens (tertiary/aromatic N) is 2. The van der Waals surface area contributed by atoms with E-state index in [1.807, 2.05) is 11.0 Å². The zero-order valence-electron chi connectivity index (χ0n) is 12.8. The summed E-state index contributed by atoms with van der Waals surface area (Å²) >= 11 is 0. The van der Waals surface area contributed by atoms with Crippen molar-refractivity contribution in [1.82, 2.24) is 5.32 Å². The standard InChI is InChI=1S/C16H23N3O2/c1-12(2)10-19-14-9-13(18-7-5-17-6-8-18)3-4-15(14)21-11-16(19)20/h3-4,9,12,17H,5-8,10-11H2,1-2H3. The maximum absolute atomic E-state index is 12.2. The largest absolute Gasteiger partial charge is 0.482 e. The molecule has 2 heterocycles. The second kappa shape index (κ2) is 5.93. The second-order valence-corrected chi connectivity index (χ2v) is 6.08. The van der Waals surface area contributed by atoms with Gasteiger partial charge in [-0.1, -0.05) is 13.8 Å². The number of ether oxygens (including phenoxy) is 1. The number of carbonyl (C=O) groups is 1. The molecule has 0 atom stereocenters. The van der Waals surface area contributed by atoms with E-state index in [-0.39, 0.29) is 12.5 Å². The Morgan fingerprint density at radius 2 is 2.05 bits per heavy atom. The Kier molecular flexibility index (Phi) is 4.01. The van der Waals surface area contributed by atoms with Crippen LogP contribution in [0.2, 0.25) is 0 Å². The summed E-state index contributed by atoms with van der Waals surface area (Å²) in [6, 6.07) is 6.18. The highest BCUT2D eigenvalue weighted by atomic mass is 16.5. The minimum absolute atomic E-state index is 0.0497. The highest BCUT2D eigenvalue weighted by Gasteiger charge is 2.27. The molecule has 114 valence electrons. The van der Waals surface area contributed by atoms with Crippen LogP contribution in [0, 0.1) is 5.92 Å². The summed E-state index contributed by atoms with van der Waals surface area (Å²) < 4.78 is 5.57. The SMILES string of the molecule is CC(C)CN1C(=O)COc2ccc(N3CCNCC3)cc21. The van der Waals surface area contributed by atoms with Gasteiger partial charge in [0.05, 0.1) is 5.69 Å². The van der Waals surface area contributed by atoms with Crippen molar-refractivity contribution in [2.45, 2.75) is 13.8 Å². The van der Waals surface area contributed by atoms with E-state index < -0.39 is 0 Å². The molecule has 2 aliphatic heterocycles. The van der Waals surface area contributed by atoms with Crippen LogP contribution in [0.25, 0.3) is 0 Å². The molecule has 1 saturated heterocycles. The normalized spacial score (nSPS) is 18.7. The molecule has 1 aromatic carbocycles. The Bertz CT molecular complexity index is 524.